The Labute approximate surface area is 162 Å². The quantitative estimate of drug-likeness (QED) is 0.716. The Bertz CT molecular complexity index is 1120. The Morgan fingerprint density at radius 1 is 0.929 bits per heavy atom. The molecule has 8 nitrogen and oxygen atoms in total. The summed E-state index contributed by atoms with van der Waals surface area (Å²) in [6, 6.07) is 2.23. The minimum atomic E-state index is -4.20. The molecule has 3 rings (SSSR count). The van der Waals surface area contributed by atoms with Gasteiger partial charge in [0.2, 0.25) is 20.0 Å². The van der Waals surface area contributed by atoms with Crippen LogP contribution in [0.2, 0.25) is 0 Å². The highest BCUT2D eigenvalue weighted by Crippen LogP contribution is 2.26. The number of sulfonamides is 2. The van der Waals surface area contributed by atoms with Gasteiger partial charge in [-0.2, -0.15) is 13.7 Å². The highest BCUT2D eigenvalue weighted by atomic mass is 32.2. The summed E-state index contributed by atoms with van der Waals surface area (Å²) in [6.07, 6.45) is 0. The predicted octanol–water partition coefficient (Wildman–Crippen LogP) is 1.01. The molecule has 0 unspecified atom stereocenters. The van der Waals surface area contributed by atoms with Gasteiger partial charge in [0.05, 0.1) is 11.4 Å². The smallest absolute Gasteiger partial charge is 0.246 e. The van der Waals surface area contributed by atoms with Crippen LogP contribution >= 0.6 is 0 Å². The molecule has 0 spiro atoms. The average Bonchev–Trinajstić information content (AvgIpc) is 2.87. The first kappa shape index (κ1) is 20.8. The van der Waals surface area contributed by atoms with E-state index in [0.717, 1.165) is 16.4 Å². The number of hydrogen-bond acceptors (Lipinski definition) is 5. The van der Waals surface area contributed by atoms with E-state index in [0.29, 0.717) is 17.5 Å². The van der Waals surface area contributed by atoms with Crippen LogP contribution in [0.5, 0.6) is 0 Å². The Balaban J connectivity index is 1.82. The molecule has 28 heavy (non-hydrogen) atoms. The first-order valence-corrected chi connectivity index (χ1v) is 11.3. The number of benzene rings is 1. The summed E-state index contributed by atoms with van der Waals surface area (Å²) < 4.78 is 81.8. The molecule has 1 aliphatic rings. The van der Waals surface area contributed by atoms with Gasteiger partial charge in [0.25, 0.3) is 0 Å². The van der Waals surface area contributed by atoms with E-state index in [1.54, 1.807) is 20.9 Å². The molecule has 2 heterocycles. The standard InChI is InChI=1S/C16H20F2N4O4S2/c1-11-16(12(2)20(3)19-11)28(25,26)22-8-6-21(7-9-22)27(23,24)15-5-4-13(17)10-14(15)18/h4-5,10H,6-9H2,1-3H3. The zero-order chi connectivity index (χ0) is 20.9. The van der Waals surface area contributed by atoms with Gasteiger partial charge >= 0.3 is 0 Å². The van der Waals surface area contributed by atoms with E-state index in [4.69, 9.17) is 0 Å². The number of aryl methyl sites for hydroxylation is 2. The second kappa shape index (κ2) is 7.17. The van der Waals surface area contributed by atoms with Crippen LogP contribution in [0.25, 0.3) is 0 Å². The van der Waals surface area contributed by atoms with Crippen molar-refractivity contribution in [3.8, 4) is 0 Å². The molecule has 1 saturated heterocycles. The summed E-state index contributed by atoms with van der Waals surface area (Å²) in [4.78, 5) is -0.528. The van der Waals surface area contributed by atoms with Crippen molar-refractivity contribution in [2.75, 3.05) is 26.2 Å². The third-order valence-corrected chi connectivity index (χ3v) is 8.83. The molecule has 2 aromatic rings. The lowest BCUT2D eigenvalue weighted by Crippen LogP contribution is -2.50. The molecule has 0 amide bonds. The van der Waals surface area contributed by atoms with Gasteiger partial charge in [-0.15, -0.1) is 0 Å². The SMILES string of the molecule is Cc1nn(C)c(C)c1S(=O)(=O)N1CCN(S(=O)(=O)c2ccc(F)cc2F)CC1. The van der Waals surface area contributed by atoms with Crippen LogP contribution in [-0.2, 0) is 27.1 Å². The molecule has 1 aromatic carbocycles. The largest absolute Gasteiger partial charge is 0.271 e. The Morgan fingerprint density at radius 3 is 1.93 bits per heavy atom. The van der Waals surface area contributed by atoms with Gasteiger partial charge in [-0.25, -0.2) is 25.6 Å². The second-order valence-electron chi connectivity index (χ2n) is 6.51. The van der Waals surface area contributed by atoms with Crippen LogP contribution in [0.15, 0.2) is 28.0 Å². The van der Waals surface area contributed by atoms with Crippen LogP contribution in [0, 0.1) is 25.5 Å². The van der Waals surface area contributed by atoms with E-state index >= 15 is 0 Å². The third-order valence-electron chi connectivity index (χ3n) is 4.75. The molecule has 1 aromatic heterocycles. The zero-order valence-electron chi connectivity index (χ0n) is 15.6. The molecular formula is C16H20F2N4O4S2. The predicted molar refractivity (Wildman–Crippen MR) is 96.6 cm³/mol. The van der Waals surface area contributed by atoms with Crippen molar-refractivity contribution >= 4 is 20.0 Å². The van der Waals surface area contributed by atoms with Crippen molar-refractivity contribution in [2.24, 2.45) is 7.05 Å². The first-order valence-electron chi connectivity index (χ1n) is 8.42. The van der Waals surface area contributed by atoms with E-state index in [9.17, 15) is 25.6 Å². The minimum absolute atomic E-state index is 0.0852. The van der Waals surface area contributed by atoms with Crippen molar-refractivity contribution in [3.63, 3.8) is 0 Å². The summed E-state index contributed by atoms with van der Waals surface area (Å²) in [6.45, 7) is 2.78. The fourth-order valence-corrected chi connectivity index (χ4v) is 6.52. The number of halogens is 2. The third kappa shape index (κ3) is 3.45. The summed E-state index contributed by atoms with van der Waals surface area (Å²) in [5.74, 6) is -2.06. The van der Waals surface area contributed by atoms with E-state index in [1.165, 1.54) is 8.99 Å². The summed E-state index contributed by atoms with van der Waals surface area (Å²) in [5, 5.41) is 4.11. The Hall–Kier alpha value is -1.89. The second-order valence-corrected chi connectivity index (χ2v) is 10.3. The van der Waals surface area contributed by atoms with Crippen molar-refractivity contribution in [1.82, 2.24) is 18.4 Å². The Kier molecular flexibility index (Phi) is 5.34. The normalized spacial score (nSPS) is 17.2. The molecule has 12 heteroatoms. The Morgan fingerprint density at radius 2 is 1.46 bits per heavy atom. The van der Waals surface area contributed by atoms with Gasteiger partial charge in [-0.3, -0.25) is 4.68 Å². The van der Waals surface area contributed by atoms with Crippen LogP contribution in [-0.4, -0.2) is 61.4 Å². The number of nitrogens with zero attached hydrogens (tertiary/aromatic N) is 4. The number of hydrogen-bond donors (Lipinski definition) is 0. The molecule has 0 N–H and O–H groups in total. The molecule has 0 radical (unpaired) electrons. The number of rotatable bonds is 4. The van der Waals surface area contributed by atoms with Crippen molar-refractivity contribution < 1.29 is 25.6 Å². The van der Waals surface area contributed by atoms with Crippen molar-refractivity contribution in [1.29, 1.82) is 0 Å². The minimum Gasteiger partial charge on any atom is -0.271 e. The maximum absolute atomic E-state index is 13.9. The van der Waals surface area contributed by atoms with E-state index < -0.39 is 36.6 Å². The van der Waals surface area contributed by atoms with Gasteiger partial charge in [0, 0.05) is 39.3 Å². The van der Waals surface area contributed by atoms with Crippen LogP contribution < -0.4 is 0 Å². The molecule has 1 fully saturated rings. The van der Waals surface area contributed by atoms with Gasteiger partial charge in [0.15, 0.2) is 0 Å². The van der Waals surface area contributed by atoms with Crippen molar-refractivity contribution in [3.05, 3.63) is 41.2 Å². The highest BCUT2D eigenvalue weighted by Gasteiger charge is 2.37. The van der Waals surface area contributed by atoms with Gasteiger partial charge in [0.1, 0.15) is 21.4 Å². The fraction of sp³-hybridized carbons (Fsp3) is 0.438. The first-order chi connectivity index (χ1) is 13.0. The molecule has 0 saturated carbocycles. The van der Waals surface area contributed by atoms with E-state index in [1.807, 2.05) is 0 Å². The van der Waals surface area contributed by atoms with Crippen LogP contribution in [0.3, 0.4) is 0 Å². The summed E-state index contributed by atoms with van der Waals surface area (Å²) in [7, 11) is -6.40. The van der Waals surface area contributed by atoms with Crippen LogP contribution in [0.1, 0.15) is 11.4 Å². The highest BCUT2D eigenvalue weighted by molar-refractivity contribution is 7.89. The molecule has 0 bridgehead atoms. The monoisotopic (exact) mass is 434 g/mol. The topological polar surface area (TPSA) is 92.6 Å². The van der Waals surface area contributed by atoms with Gasteiger partial charge in [-0.1, -0.05) is 0 Å². The van der Waals surface area contributed by atoms with E-state index in [2.05, 4.69) is 5.10 Å². The fourth-order valence-electron chi connectivity index (χ4n) is 3.23. The lowest BCUT2D eigenvalue weighted by Gasteiger charge is -2.33. The summed E-state index contributed by atoms with van der Waals surface area (Å²) >= 11 is 0. The maximum atomic E-state index is 13.9. The lowest BCUT2D eigenvalue weighted by atomic mass is 10.3. The van der Waals surface area contributed by atoms with Gasteiger partial charge in [-0.05, 0) is 26.0 Å². The maximum Gasteiger partial charge on any atom is 0.246 e. The van der Waals surface area contributed by atoms with Gasteiger partial charge < -0.3 is 0 Å². The molecule has 1 aliphatic heterocycles. The number of piperazine rings is 1. The van der Waals surface area contributed by atoms with Crippen LogP contribution in [0.4, 0.5) is 8.78 Å². The molecular weight excluding hydrogens is 414 g/mol. The number of aromatic nitrogens is 2. The van der Waals surface area contributed by atoms with E-state index in [-0.39, 0.29) is 31.1 Å². The zero-order valence-corrected chi connectivity index (χ0v) is 17.2. The molecule has 154 valence electrons. The molecule has 0 atom stereocenters. The summed E-state index contributed by atoms with van der Waals surface area (Å²) in [5.41, 5.74) is 0.851. The van der Waals surface area contributed by atoms with Crippen molar-refractivity contribution in [2.45, 2.75) is 23.6 Å². The average molecular weight is 434 g/mol. The lowest BCUT2D eigenvalue weighted by molar-refractivity contribution is 0.272. The molecule has 0 aliphatic carbocycles.